The molecule has 4 rings (SSSR count). The van der Waals surface area contributed by atoms with Crippen LogP contribution in [0.15, 0.2) is 47.6 Å². The highest BCUT2D eigenvalue weighted by Crippen LogP contribution is 2.38. The number of hydrogen-bond acceptors (Lipinski definition) is 13. The van der Waals surface area contributed by atoms with E-state index in [2.05, 4.69) is 4.72 Å². The van der Waals surface area contributed by atoms with Gasteiger partial charge in [-0.25, -0.2) is 17.9 Å². The number of allylic oxidation sites excluding steroid dienone is 6. The molecule has 398 valence electrons. The number of nitrogens with zero attached hydrogens (tertiary/aromatic N) is 1. The number of ketones is 2. The molecule has 1 amide bonds. The molecule has 0 unspecified atom stereocenters. The lowest BCUT2D eigenvalue weighted by molar-refractivity contribution is -0.264. The van der Waals surface area contributed by atoms with E-state index < -0.39 is 87.9 Å². The van der Waals surface area contributed by atoms with Crippen molar-refractivity contribution < 1.29 is 61.9 Å². The zero-order valence-electron chi connectivity index (χ0n) is 43.2. The van der Waals surface area contributed by atoms with Crippen molar-refractivity contribution in [3.8, 4) is 0 Å². The Morgan fingerprint density at radius 3 is 2.30 bits per heavy atom. The van der Waals surface area contributed by atoms with Crippen LogP contribution in [0.3, 0.4) is 0 Å². The van der Waals surface area contributed by atoms with Crippen molar-refractivity contribution in [1.82, 2.24) is 9.62 Å². The van der Waals surface area contributed by atoms with Crippen molar-refractivity contribution in [2.75, 3.05) is 32.4 Å². The van der Waals surface area contributed by atoms with Gasteiger partial charge in [-0.2, -0.15) is 0 Å². The molecule has 2 saturated heterocycles. The number of cyclic esters (lactones) is 1. The van der Waals surface area contributed by atoms with Crippen LogP contribution >= 0.6 is 11.6 Å². The van der Waals surface area contributed by atoms with E-state index >= 15 is 0 Å². The number of rotatable bonds is 10. The van der Waals surface area contributed by atoms with E-state index in [4.69, 9.17) is 30.5 Å². The Morgan fingerprint density at radius 1 is 0.886 bits per heavy atom. The zero-order valence-corrected chi connectivity index (χ0v) is 44.8. The Bertz CT molecular complexity index is 1980. The van der Waals surface area contributed by atoms with Crippen LogP contribution in [0, 0.1) is 35.5 Å². The minimum atomic E-state index is -3.82. The molecule has 3 heterocycles. The molecule has 2 bridgehead atoms. The number of carbonyl (C=O) groups is 4. The van der Waals surface area contributed by atoms with Gasteiger partial charge < -0.3 is 39.2 Å². The number of piperidine rings is 1. The summed E-state index contributed by atoms with van der Waals surface area (Å²) in [6.45, 7) is 13.1. The number of halogens is 1. The van der Waals surface area contributed by atoms with E-state index in [0.29, 0.717) is 75.4 Å². The van der Waals surface area contributed by atoms with Crippen LogP contribution in [0.1, 0.15) is 138 Å². The first kappa shape index (κ1) is 59.8. The summed E-state index contributed by atoms with van der Waals surface area (Å²) in [6, 6.07) is -1.90. The molecule has 3 aliphatic heterocycles. The predicted octanol–water partition coefficient (Wildman–Crippen LogP) is 6.90. The van der Waals surface area contributed by atoms with Gasteiger partial charge in [0.25, 0.3) is 11.7 Å². The van der Waals surface area contributed by atoms with Gasteiger partial charge in [-0.3, -0.25) is 14.4 Å². The standard InChI is InChI=1S/C53H85ClN2O13S/c1-33-16-11-10-12-17-35(3)42(55-70(64,65)27-15-25-54)32-41-22-20-39(7)53(63,69-41)50(60)51(61)56-26-14-13-18-43(56)52(62)68-45(36(4)30-40-21-23-44(57)46(31-40)66-8)24-19-34(2)29-38(6)48(59)49(67-9)47(58)37(5)28-33/h10-12,16-17,29,33-34,36-37,39-46,48-49,55,57,59,63H,13-15,18-28,30-32H2,1-9H3/b12-10+,16-11+,35-17+,38-29+/t33-,34+,36-,37-,39-,40+,41+,42+,43+,44-,45+,46-,48-,49+,53-/m1/s1. The molecule has 0 spiro atoms. The van der Waals surface area contributed by atoms with Crippen LogP contribution in [0.5, 0.6) is 0 Å². The summed E-state index contributed by atoms with van der Waals surface area (Å²) in [5, 5.41) is 34.1. The molecule has 1 aliphatic carbocycles. The number of ether oxygens (including phenoxy) is 4. The van der Waals surface area contributed by atoms with E-state index in [1.54, 1.807) is 46.1 Å². The molecule has 0 radical (unpaired) electrons. The zero-order chi connectivity index (χ0) is 51.9. The fourth-order valence-corrected chi connectivity index (χ4v) is 12.4. The van der Waals surface area contributed by atoms with E-state index in [-0.39, 0.29) is 73.0 Å². The van der Waals surface area contributed by atoms with Crippen molar-refractivity contribution in [3.05, 3.63) is 47.6 Å². The number of methoxy groups -OCH3 is 2. The molecule has 4 N–H and O–H groups in total. The maximum Gasteiger partial charge on any atom is 0.329 e. The summed E-state index contributed by atoms with van der Waals surface area (Å²) in [6.07, 6.45) is 13.0. The van der Waals surface area contributed by atoms with E-state index in [0.717, 1.165) is 6.42 Å². The Labute approximate surface area is 423 Å². The summed E-state index contributed by atoms with van der Waals surface area (Å²) in [4.78, 5) is 58.2. The van der Waals surface area contributed by atoms with Gasteiger partial charge >= 0.3 is 5.97 Å². The number of hydrogen-bond donors (Lipinski definition) is 4. The number of nitrogens with one attached hydrogen (secondary N) is 1. The average Bonchev–Trinajstić information content (AvgIpc) is 3.32. The van der Waals surface area contributed by atoms with E-state index in [1.165, 1.54) is 12.0 Å². The fraction of sp³-hybridized carbons (Fsp3) is 0.774. The lowest BCUT2D eigenvalue weighted by Crippen LogP contribution is -2.61. The Hall–Kier alpha value is -2.80. The van der Waals surface area contributed by atoms with Crippen LogP contribution in [0.25, 0.3) is 0 Å². The topological polar surface area (TPSA) is 215 Å². The maximum absolute atomic E-state index is 14.5. The molecule has 3 fully saturated rings. The second kappa shape index (κ2) is 28.0. The van der Waals surface area contributed by atoms with Crippen molar-refractivity contribution in [1.29, 1.82) is 0 Å². The summed E-state index contributed by atoms with van der Waals surface area (Å²) >= 11 is 5.85. The lowest BCUT2D eigenvalue weighted by atomic mass is 9.78. The lowest BCUT2D eigenvalue weighted by Gasteiger charge is -2.43. The highest BCUT2D eigenvalue weighted by molar-refractivity contribution is 7.89. The third kappa shape index (κ3) is 16.9. The van der Waals surface area contributed by atoms with Gasteiger partial charge in [0.05, 0.1) is 24.1 Å². The van der Waals surface area contributed by atoms with Crippen LogP contribution in [-0.2, 0) is 48.1 Å². The first-order valence-electron chi connectivity index (χ1n) is 25.7. The number of aliphatic hydroxyl groups excluding tert-OH is 2. The fourth-order valence-electron chi connectivity index (χ4n) is 10.7. The summed E-state index contributed by atoms with van der Waals surface area (Å²) < 4.78 is 53.1. The quantitative estimate of drug-likeness (QED) is 0.0759. The number of sulfonamides is 1. The van der Waals surface area contributed by atoms with Gasteiger partial charge in [0.2, 0.25) is 15.8 Å². The number of fused-ring (bicyclic) bond motifs is 3. The van der Waals surface area contributed by atoms with Crippen molar-refractivity contribution >= 4 is 45.1 Å². The number of esters is 1. The molecule has 0 aromatic carbocycles. The largest absolute Gasteiger partial charge is 0.461 e. The van der Waals surface area contributed by atoms with Crippen molar-refractivity contribution in [3.63, 3.8) is 0 Å². The first-order valence-corrected chi connectivity index (χ1v) is 27.9. The SMILES string of the molecule is CO[C@@H]1C[C@H](C[C@@H](C)[C@@H]2CC[C@H](C)/C=C(\C)[C@@H](O)[C@@H](OC)C(=O)[C@H](C)C[C@H](C)/C=C/C=C/C=C(\C)[C@@H](NS(=O)(=O)CCCCl)C[C@@H]3CC[C@@H](C)[C@@](O)(O3)C(=O)C(=O)N3CCCC[C@H]3C(=O)O2)CC[C@H]1O. The van der Waals surface area contributed by atoms with Crippen LogP contribution in [0.2, 0.25) is 0 Å². The van der Waals surface area contributed by atoms with Gasteiger partial charge in [0.1, 0.15) is 24.4 Å². The molecule has 15 nitrogen and oxygen atoms in total. The van der Waals surface area contributed by atoms with Crippen molar-refractivity contribution in [2.45, 2.75) is 193 Å². The van der Waals surface area contributed by atoms with Gasteiger partial charge in [0.15, 0.2) is 5.78 Å². The number of alkyl halides is 1. The second-order valence-electron chi connectivity index (χ2n) is 21.0. The van der Waals surface area contributed by atoms with Gasteiger partial charge in [-0.05, 0) is 133 Å². The number of carbonyl (C=O) groups excluding carboxylic acids is 4. The Morgan fingerprint density at radius 2 is 1.61 bits per heavy atom. The van der Waals surface area contributed by atoms with Gasteiger partial charge in [-0.1, -0.05) is 76.6 Å². The third-order valence-corrected chi connectivity index (χ3v) is 16.9. The summed E-state index contributed by atoms with van der Waals surface area (Å²) in [7, 11) is -0.815. The summed E-state index contributed by atoms with van der Waals surface area (Å²) in [5.74, 6) is -7.00. The minimum Gasteiger partial charge on any atom is -0.461 e. The maximum atomic E-state index is 14.5. The first-order chi connectivity index (χ1) is 33.0. The number of amides is 1. The Kier molecular flexibility index (Phi) is 23.9. The van der Waals surface area contributed by atoms with Crippen LogP contribution in [0.4, 0.5) is 0 Å². The normalized spacial score (nSPS) is 38.6. The molecular weight excluding hydrogens is 940 g/mol. The third-order valence-electron chi connectivity index (χ3n) is 15.2. The molecule has 15 atom stereocenters. The van der Waals surface area contributed by atoms with Gasteiger partial charge in [0, 0.05) is 44.5 Å². The van der Waals surface area contributed by atoms with E-state index in [1.807, 2.05) is 45.9 Å². The summed E-state index contributed by atoms with van der Waals surface area (Å²) in [5.41, 5.74) is 1.21. The molecule has 0 aromatic rings. The molecule has 0 aromatic heterocycles. The number of aliphatic hydroxyl groups is 3. The smallest absolute Gasteiger partial charge is 0.329 e. The highest BCUT2D eigenvalue weighted by Gasteiger charge is 2.53. The molecular formula is C53H85ClN2O13S. The van der Waals surface area contributed by atoms with Crippen molar-refractivity contribution in [2.24, 2.45) is 35.5 Å². The number of Topliss-reactive ketones (excluding diaryl/α,β-unsaturated/α-hetero) is 2. The molecule has 17 heteroatoms. The van der Waals surface area contributed by atoms with E-state index in [9.17, 15) is 42.9 Å². The molecule has 1 saturated carbocycles. The molecule has 70 heavy (non-hydrogen) atoms. The monoisotopic (exact) mass is 1020 g/mol. The van der Waals surface area contributed by atoms with Crippen LogP contribution < -0.4 is 4.72 Å². The minimum absolute atomic E-state index is 0.0204. The van der Waals surface area contributed by atoms with Crippen LogP contribution in [-0.4, -0.2) is 139 Å². The highest BCUT2D eigenvalue weighted by atomic mass is 35.5. The predicted molar refractivity (Wildman–Crippen MR) is 270 cm³/mol. The van der Waals surface area contributed by atoms with Gasteiger partial charge in [-0.15, -0.1) is 11.6 Å². The Balaban J connectivity index is 1.72. The molecule has 4 aliphatic rings. The second-order valence-corrected chi connectivity index (χ2v) is 23.2. The average molecular weight is 1030 g/mol.